The molecule has 1 fully saturated rings. The van der Waals surface area contributed by atoms with E-state index in [1.807, 2.05) is 13.0 Å². The number of esters is 1. The fourth-order valence-corrected chi connectivity index (χ4v) is 4.35. The second kappa shape index (κ2) is 13.0. The van der Waals surface area contributed by atoms with E-state index in [1.54, 1.807) is 25.1 Å². The van der Waals surface area contributed by atoms with Crippen LogP contribution in [0.3, 0.4) is 0 Å². The molecule has 0 aliphatic carbocycles. The number of carbonyl (C=O) groups is 2. The first kappa shape index (κ1) is 26.3. The molecule has 0 radical (unpaired) electrons. The number of piperidine rings is 1. The SMILES string of the molecule is CCOC(=O)c1ccc(CC(=O)N/C(=C/C(C)C)c2ccccc2N2CCCCC2)cc1OCC. The van der Waals surface area contributed by atoms with E-state index in [0.717, 1.165) is 35.6 Å². The molecule has 0 bridgehead atoms. The van der Waals surface area contributed by atoms with Gasteiger partial charge in [-0.1, -0.05) is 44.2 Å². The Morgan fingerprint density at radius 3 is 2.43 bits per heavy atom. The number of anilines is 1. The monoisotopic (exact) mass is 478 g/mol. The first-order valence-corrected chi connectivity index (χ1v) is 12.7. The van der Waals surface area contributed by atoms with Crippen LogP contribution in [0, 0.1) is 5.92 Å². The third kappa shape index (κ3) is 7.35. The number of allylic oxidation sites excluding steroid dienone is 1. The molecule has 0 saturated carbocycles. The van der Waals surface area contributed by atoms with Crippen molar-refractivity contribution in [3.8, 4) is 5.75 Å². The summed E-state index contributed by atoms with van der Waals surface area (Å²) < 4.78 is 10.8. The molecular formula is C29H38N2O4. The number of nitrogens with one attached hydrogen (secondary N) is 1. The summed E-state index contributed by atoms with van der Waals surface area (Å²) in [5.74, 6) is 0.165. The van der Waals surface area contributed by atoms with E-state index in [1.165, 1.54) is 19.3 Å². The molecule has 0 atom stereocenters. The Labute approximate surface area is 209 Å². The Bertz CT molecular complexity index is 1040. The number of benzene rings is 2. The average molecular weight is 479 g/mol. The normalized spacial score (nSPS) is 14.1. The number of amides is 1. The summed E-state index contributed by atoms with van der Waals surface area (Å²) in [6.07, 6.45) is 5.92. The zero-order chi connectivity index (χ0) is 25.2. The van der Waals surface area contributed by atoms with Crippen LogP contribution in [0.2, 0.25) is 0 Å². The van der Waals surface area contributed by atoms with Crippen LogP contribution in [0.25, 0.3) is 5.70 Å². The van der Waals surface area contributed by atoms with Crippen molar-refractivity contribution in [3.63, 3.8) is 0 Å². The van der Waals surface area contributed by atoms with Gasteiger partial charge < -0.3 is 19.7 Å². The molecule has 1 aliphatic heterocycles. The van der Waals surface area contributed by atoms with Gasteiger partial charge in [-0.2, -0.15) is 0 Å². The minimum Gasteiger partial charge on any atom is -0.493 e. The lowest BCUT2D eigenvalue weighted by atomic mass is 10.0. The van der Waals surface area contributed by atoms with E-state index in [0.29, 0.717) is 24.5 Å². The van der Waals surface area contributed by atoms with Gasteiger partial charge in [0.25, 0.3) is 0 Å². The van der Waals surface area contributed by atoms with Crippen molar-refractivity contribution in [2.45, 2.75) is 53.4 Å². The van der Waals surface area contributed by atoms with Crippen molar-refractivity contribution >= 4 is 23.3 Å². The van der Waals surface area contributed by atoms with Gasteiger partial charge in [-0.15, -0.1) is 0 Å². The molecule has 1 aliphatic rings. The van der Waals surface area contributed by atoms with Crippen LogP contribution < -0.4 is 15.0 Å². The number of para-hydroxylation sites is 1. The van der Waals surface area contributed by atoms with Crippen LogP contribution in [0.5, 0.6) is 5.75 Å². The highest BCUT2D eigenvalue weighted by Gasteiger charge is 2.19. The number of nitrogens with zero attached hydrogens (tertiary/aromatic N) is 1. The third-order valence-corrected chi connectivity index (χ3v) is 5.87. The summed E-state index contributed by atoms with van der Waals surface area (Å²) in [6, 6.07) is 13.5. The maximum Gasteiger partial charge on any atom is 0.341 e. The second-order valence-electron chi connectivity index (χ2n) is 9.10. The maximum absolute atomic E-state index is 13.2. The van der Waals surface area contributed by atoms with E-state index in [4.69, 9.17) is 9.47 Å². The number of hydrogen-bond donors (Lipinski definition) is 1. The van der Waals surface area contributed by atoms with E-state index in [-0.39, 0.29) is 18.2 Å². The summed E-state index contributed by atoms with van der Waals surface area (Å²) in [4.78, 5) is 27.8. The molecule has 35 heavy (non-hydrogen) atoms. The summed E-state index contributed by atoms with van der Waals surface area (Å²) in [5.41, 5.74) is 4.18. The Balaban J connectivity index is 1.82. The molecule has 0 spiro atoms. The zero-order valence-corrected chi connectivity index (χ0v) is 21.4. The zero-order valence-electron chi connectivity index (χ0n) is 21.4. The lowest BCUT2D eigenvalue weighted by molar-refractivity contribution is -0.119. The predicted molar refractivity (Wildman–Crippen MR) is 141 cm³/mol. The number of carbonyl (C=O) groups excluding carboxylic acids is 2. The van der Waals surface area contributed by atoms with Crippen molar-refractivity contribution in [2.24, 2.45) is 5.92 Å². The van der Waals surface area contributed by atoms with Gasteiger partial charge in [0.2, 0.25) is 5.91 Å². The molecule has 1 amide bonds. The highest BCUT2D eigenvalue weighted by Crippen LogP contribution is 2.29. The fraction of sp³-hybridized carbons (Fsp3) is 0.448. The van der Waals surface area contributed by atoms with Gasteiger partial charge in [0.05, 0.1) is 19.6 Å². The highest BCUT2D eigenvalue weighted by molar-refractivity contribution is 5.93. The van der Waals surface area contributed by atoms with Crippen LogP contribution in [0.1, 0.15) is 68.4 Å². The topological polar surface area (TPSA) is 67.9 Å². The summed E-state index contributed by atoms with van der Waals surface area (Å²) >= 11 is 0. The van der Waals surface area contributed by atoms with Gasteiger partial charge in [-0.05, 0) is 62.8 Å². The molecule has 1 saturated heterocycles. The van der Waals surface area contributed by atoms with Gasteiger partial charge in [0.15, 0.2) is 0 Å². The predicted octanol–water partition coefficient (Wildman–Crippen LogP) is 5.61. The second-order valence-corrected chi connectivity index (χ2v) is 9.10. The molecule has 0 unspecified atom stereocenters. The molecule has 1 N–H and O–H groups in total. The average Bonchev–Trinajstić information content (AvgIpc) is 2.84. The quantitative estimate of drug-likeness (QED) is 0.450. The van der Waals surface area contributed by atoms with Crippen LogP contribution >= 0.6 is 0 Å². The van der Waals surface area contributed by atoms with Gasteiger partial charge in [-0.3, -0.25) is 4.79 Å². The molecular weight excluding hydrogens is 440 g/mol. The van der Waals surface area contributed by atoms with Gasteiger partial charge >= 0.3 is 5.97 Å². The molecule has 2 aromatic rings. The minimum absolute atomic E-state index is 0.114. The lowest BCUT2D eigenvalue weighted by Gasteiger charge is -2.31. The number of hydrogen-bond acceptors (Lipinski definition) is 5. The van der Waals surface area contributed by atoms with E-state index < -0.39 is 5.97 Å². The smallest absolute Gasteiger partial charge is 0.341 e. The van der Waals surface area contributed by atoms with Crippen molar-refractivity contribution < 1.29 is 19.1 Å². The molecule has 188 valence electrons. The standard InChI is InChI=1S/C29H38N2O4/c1-5-34-27-19-22(14-15-24(27)29(33)35-6-2)20-28(32)30-25(18-21(3)4)23-12-8-9-13-26(23)31-16-10-7-11-17-31/h8-9,12-15,18-19,21H,5-7,10-11,16-17,20H2,1-4H3,(H,30,32)/b25-18+. The summed E-state index contributed by atoms with van der Waals surface area (Å²) in [7, 11) is 0. The molecule has 1 heterocycles. The molecule has 6 nitrogen and oxygen atoms in total. The molecule has 6 heteroatoms. The van der Waals surface area contributed by atoms with Gasteiger partial charge in [0, 0.05) is 30.0 Å². The van der Waals surface area contributed by atoms with Crippen LogP contribution in [-0.4, -0.2) is 38.2 Å². The summed E-state index contributed by atoms with van der Waals surface area (Å²) in [6.45, 7) is 10.6. The van der Waals surface area contributed by atoms with E-state index in [2.05, 4.69) is 48.3 Å². The first-order valence-electron chi connectivity index (χ1n) is 12.7. The Morgan fingerprint density at radius 1 is 1.00 bits per heavy atom. The van der Waals surface area contributed by atoms with Crippen LogP contribution in [0.4, 0.5) is 5.69 Å². The van der Waals surface area contributed by atoms with Crippen molar-refractivity contribution in [1.29, 1.82) is 0 Å². The Kier molecular flexibility index (Phi) is 9.76. The van der Waals surface area contributed by atoms with E-state index in [9.17, 15) is 9.59 Å². The molecule has 2 aromatic carbocycles. The van der Waals surface area contributed by atoms with Crippen molar-refractivity contribution in [2.75, 3.05) is 31.2 Å². The van der Waals surface area contributed by atoms with Gasteiger partial charge in [-0.25, -0.2) is 4.79 Å². The summed E-state index contributed by atoms with van der Waals surface area (Å²) in [5, 5.41) is 3.16. The fourth-order valence-electron chi connectivity index (χ4n) is 4.35. The lowest BCUT2D eigenvalue weighted by Crippen LogP contribution is -2.31. The first-order chi connectivity index (χ1) is 16.9. The van der Waals surface area contributed by atoms with Crippen LogP contribution in [-0.2, 0) is 16.0 Å². The number of ether oxygens (including phenoxy) is 2. The minimum atomic E-state index is -0.427. The Hall–Kier alpha value is -3.28. The van der Waals surface area contributed by atoms with Crippen molar-refractivity contribution in [1.82, 2.24) is 5.32 Å². The molecule has 3 rings (SSSR count). The number of rotatable bonds is 10. The Morgan fingerprint density at radius 2 is 1.74 bits per heavy atom. The molecule has 0 aromatic heterocycles. The largest absolute Gasteiger partial charge is 0.493 e. The van der Waals surface area contributed by atoms with Crippen molar-refractivity contribution in [3.05, 3.63) is 65.2 Å². The maximum atomic E-state index is 13.2. The van der Waals surface area contributed by atoms with Crippen LogP contribution in [0.15, 0.2) is 48.5 Å². The van der Waals surface area contributed by atoms with Gasteiger partial charge in [0.1, 0.15) is 11.3 Å². The van der Waals surface area contributed by atoms with E-state index >= 15 is 0 Å². The highest BCUT2D eigenvalue weighted by atomic mass is 16.5. The third-order valence-electron chi connectivity index (χ3n) is 5.87.